The molecule has 1 aliphatic carbocycles. The Morgan fingerprint density at radius 3 is 2.44 bits per heavy atom. The average molecular weight is 461 g/mol. The molecule has 9 heteroatoms. The summed E-state index contributed by atoms with van der Waals surface area (Å²) < 4.78 is 43.8. The van der Waals surface area contributed by atoms with Crippen LogP contribution in [0.3, 0.4) is 0 Å². The van der Waals surface area contributed by atoms with E-state index in [1.54, 1.807) is 30.3 Å². The van der Waals surface area contributed by atoms with Gasteiger partial charge in [-0.05, 0) is 49.2 Å². The van der Waals surface area contributed by atoms with E-state index in [9.17, 15) is 13.2 Å². The topological polar surface area (TPSA) is 94.2 Å². The predicted molar refractivity (Wildman–Crippen MR) is 120 cm³/mol. The van der Waals surface area contributed by atoms with E-state index < -0.39 is 10.0 Å². The standard InChI is InChI=1S/C23H28N2O6S/c1-25(32(27,28)20-11-12-21-22(15-20)30-14-13-29-21)18-7-9-19(10-8-18)31-16-23(26)24-17-5-3-2-4-6-17/h7-12,15,17H,2-6,13-14,16H2,1H3,(H,24,26). The molecule has 2 aromatic rings. The summed E-state index contributed by atoms with van der Waals surface area (Å²) in [6.07, 6.45) is 5.56. The van der Waals surface area contributed by atoms with Crippen molar-refractivity contribution in [3.8, 4) is 17.2 Å². The Labute approximate surface area is 188 Å². The molecule has 1 fully saturated rings. The number of amides is 1. The van der Waals surface area contributed by atoms with Gasteiger partial charge in [-0.1, -0.05) is 19.3 Å². The van der Waals surface area contributed by atoms with Crippen LogP contribution in [0.2, 0.25) is 0 Å². The number of hydrogen-bond donors (Lipinski definition) is 1. The van der Waals surface area contributed by atoms with Crippen LogP contribution >= 0.6 is 0 Å². The van der Waals surface area contributed by atoms with Gasteiger partial charge in [0, 0.05) is 19.2 Å². The van der Waals surface area contributed by atoms with Crippen molar-refractivity contribution in [2.24, 2.45) is 0 Å². The summed E-state index contributed by atoms with van der Waals surface area (Å²) in [4.78, 5) is 12.2. The highest BCUT2D eigenvalue weighted by atomic mass is 32.2. The van der Waals surface area contributed by atoms with E-state index in [-0.39, 0.29) is 23.5 Å². The highest BCUT2D eigenvalue weighted by Gasteiger charge is 2.24. The Balaban J connectivity index is 1.37. The molecular formula is C23H28N2O6S. The van der Waals surface area contributed by atoms with Gasteiger partial charge in [0.2, 0.25) is 0 Å². The summed E-state index contributed by atoms with van der Waals surface area (Å²) in [5, 5.41) is 3.01. The number of carbonyl (C=O) groups excluding carboxylic acids is 1. The molecule has 0 bridgehead atoms. The van der Waals surface area contributed by atoms with E-state index in [0.717, 1.165) is 25.7 Å². The van der Waals surface area contributed by atoms with E-state index in [0.29, 0.717) is 36.1 Å². The second kappa shape index (κ2) is 9.68. The molecule has 2 aliphatic rings. The molecule has 172 valence electrons. The first kappa shape index (κ1) is 22.3. The molecule has 1 aliphatic heterocycles. The number of sulfonamides is 1. The largest absolute Gasteiger partial charge is 0.486 e. The molecule has 1 saturated carbocycles. The van der Waals surface area contributed by atoms with E-state index in [1.165, 1.54) is 29.9 Å². The Bertz CT molecular complexity index is 1050. The zero-order valence-corrected chi connectivity index (χ0v) is 18.9. The Morgan fingerprint density at radius 2 is 1.72 bits per heavy atom. The van der Waals surface area contributed by atoms with Crippen LogP contribution in [0.1, 0.15) is 32.1 Å². The van der Waals surface area contributed by atoms with E-state index in [2.05, 4.69) is 5.32 Å². The van der Waals surface area contributed by atoms with Crippen molar-refractivity contribution < 1.29 is 27.4 Å². The molecule has 0 unspecified atom stereocenters. The van der Waals surface area contributed by atoms with Crippen LogP contribution in [0.25, 0.3) is 0 Å². The fourth-order valence-electron chi connectivity index (χ4n) is 3.90. The Morgan fingerprint density at radius 1 is 1.03 bits per heavy atom. The lowest BCUT2D eigenvalue weighted by Crippen LogP contribution is -2.38. The monoisotopic (exact) mass is 460 g/mol. The molecule has 1 amide bonds. The van der Waals surface area contributed by atoms with Gasteiger partial charge in [-0.2, -0.15) is 0 Å². The number of hydrogen-bond acceptors (Lipinski definition) is 6. The summed E-state index contributed by atoms with van der Waals surface area (Å²) in [5.74, 6) is 1.31. The van der Waals surface area contributed by atoms with Gasteiger partial charge in [-0.25, -0.2) is 8.42 Å². The molecule has 1 N–H and O–H groups in total. The minimum atomic E-state index is -3.79. The van der Waals surface area contributed by atoms with Crippen LogP contribution in [0, 0.1) is 0 Å². The van der Waals surface area contributed by atoms with Crippen LogP contribution in [0.15, 0.2) is 47.4 Å². The smallest absolute Gasteiger partial charge is 0.264 e. The van der Waals surface area contributed by atoms with Crippen molar-refractivity contribution in [2.75, 3.05) is 31.2 Å². The van der Waals surface area contributed by atoms with Crippen LogP contribution in [-0.2, 0) is 14.8 Å². The molecule has 1 heterocycles. The van der Waals surface area contributed by atoms with Crippen molar-refractivity contribution in [3.63, 3.8) is 0 Å². The van der Waals surface area contributed by atoms with Crippen LogP contribution in [0.5, 0.6) is 17.2 Å². The molecule has 0 spiro atoms. The fourth-order valence-corrected chi connectivity index (χ4v) is 5.11. The van der Waals surface area contributed by atoms with E-state index in [4.69, 9.17) is 14.2 Å². The summed E-state index contributed by atoms with van der Waals surface area (Å²) >= 11 is 0. The highest BCUT2D eigenvalue weighted by molar-refractivity contribution is 7.92. The number of ether oxygens (including phenoxy) is 3. The van der Waals surface area contributed by atoms with Crippen molar-refractivity contribution >= 4 is 21.6 Å². The number of anilines is 1. The van der Waals surface area contributed by atoms with Gasteiger partial charge < -0.3 is 19.5 Å². The number of nitrogens with zero attached hydrogens (tertiary/aromatic N) is 1. The quantitative estimate of drug-likeness (QED) is 0.682. The molecule has 0 aromatic heterocycles. The Kier molecular flexibility index (Phi) is 6.74. The summed E-state index contributed by atoms with van der Waals surface area (Å²) in [5.41, 5.74) is 0.471. The normalized spacial score (nSPS) is 16.3. The summed E-state index contributed by atoms with van der Waals surface area (Å²) in [6.45, 7) is 0.753. The van der Waals surface area contributed by atoms with Crippen molar-refractivity contribution in [1.29, 1.82) is 0 Å². The lowest BCUT2D eigenvalue weighted by Gasteiger charge is -2.23. The van der Waals surface area contributed by atoms with Gasteiger partial charge in [-0.3, -0.25) is 9.10 Å². The third kappa shape index (κ3) is 5.09. The number of carbonyl (C=O) groups is 1. The maximum atomic E-state index is 13.1. The van der Waals surface area contributed by atoms with Gasteiger partial charge in [0.05, 0.1) is 10.6 Å². The van der Waals surface area contributed by atoms with Gasteiger partial charge >= 0.3 is 0 Å². The summed E-state index contributed by atoms with van der Waals surface area (Å²) in [7, 11) is -2.30. The first-order valence-corrected chi connectivity index (χ1v) is 12.3. The fraction of sp³-hybridized carbons (Fsp3) is 0.435. The average Bonchev–Trinajstić information content (AvgIpc) is 2.83. The third-order valence-corrected chi connectivity index (χ3v) is 7.49. The van der Waals surface area contributed by atoms with Gasteiger partial charge in [0.15, 0.2) is 18.1 Å². The first-order chi connectivity index (χ1) is 15.4. The zero-order valence-electron chi connectivity index (χ0n) is 18.1. The second-order valence-corrected chi connectivity index (χ2v) is 9.93. The van der Waals surface area contributed by atoms with Crippen LogP contribution in [-0.4, -0.2) is 47.2 Å². The Hall–Kier alpha value is -2.94. The number of nitrogens with one attached hydrogen (secondary N) is 1. The molecule has 8 nitrogen and oxygen atoms in total. The molecule has 2 aromatic carbocycles. The minimum Gasteiger partial charge on any atom is -0.486 e. The number of benzene rings is 2. The van der Waals surface area contributed by atoms with Crippen LogP contribution in [0.4, 0.5) is 5.69 Å². The summed E-state index contributed by atoms with van der Waals surface area (Å²) in [6, 6.07) is 11.4. The molecular weight excluding hydrogens is 432 g/mol. The van der Waals surface area contributed by atoms with E-state index in [1.807, 2.05) is 0 Å². The third-order valence-electron chi connectivity index (χ3n) is 5.71. The molecule has 4 rings (SSSR count). The minimum absolute atomic E-state index is 0.0683. The second-order valence-electron chi connectivity index (χ2n) is 7.96. The van der Waals surface area contributed by atoms with E-state index >= 15 is 0 Å². The van der Waals surface area contributed by atoms with Crippen LogP contribution < -0.4 is 23.8 Å². The van der Waals surface area contributed by atoms with Gasteiger partial charge in [-0.15, -0.1) is 0 Å². The van der Waals surface area contributed by atoms with Gasteiger partial charge in [0.25, 0.3) is 15.9 Å². The van der Waals surface area contributed by atoms with Gasteiger partial charge in [0.1, 0.15) is 19.0 Å². The number of rotatable bonds is 7. The molecule has 0 radical (unpaired) electrons. The number of fused-ring (bicyclic) bond motifs is 1. The SMILES string of the molecule is CN(c1ccc(OCC(=O)NC2CCCCC2)cc1)S(=O)(=O)c1ccc2c(c1)OCCO2. The first-order valence-electron chi connectivity index (χ1n) is 10.8. The highest BCUT2D eigenvalue weighted by Crippen LogP contribution is 2.34. The lowest BCUT2D eigenvalue weighted by atomic mass is 9.95. The lowest BCUT2D eigenvalue weighted by molar-refractivity contribution is -0.124. The van der Waals surface area contributed by atoms with Crippen molar-refractivity contribution in [1.82, 2.24) is 5.32 Å². The molecule has 0 atom stereocenters. The zero-order chi connectivity index (χ0) is 22.6. The van der Waals surface area contributed by atoms with Crippen molar-refractivity contribution in [3.05, 3.63) is 42.5 Å². The molecule has 32 heavy (non-hydrogen) atoms. The maximum absolute atomic E-state index is 13.1. The predicted octanol–water partition coefficient (Wildman–Crippen LogP) is 3.11. The molecule has 0 saturated heterocycles. The maximum Gasteiger partial charge on any atom is 0.264 e. The van der Waals surface area contributed by atoms with Crippen molar-refractivity contribution in [2.45, 2.75) is 43.0 Å².